The summed E-state index contributed by atoms with van der Waals surface area (Å²) < 4.78 is 0. The smallest absolute Gasteiger partial charge is 0.0634 e. The Kier molecular flexibility index (Phi) is 3.64. The number of aromatic nitrogens is 1. The van der Waals surface area contributed by atoms with Crippen LogP contribution in [0.2, 0.25) is 5.02 Å². The van der Waals surface area contributed by atoms with Crippen LogP contribution in [0.5, 0.6) is 0 Å². The Morgan fingerprint density at radius 1 is 1.44 bits per heavy atom. The van der Waals surface area contributed by atoms with E-state index in [1.807, 2.05) is 17.4 Å². The van der Waals surface area contributed by atoms with Crippen molar-refractivity contribution in [1.29, 1.82) is 0 Å². The summed E-state index contributed by atoms with van der Waals surface area (Å²) >= 11 is 8.00. The highest BCUT2D eigenvalue weighted by Crippen LogP contribution is 2.33. The third-order valence-electron chi connectivity index (χ3n) is 3.45. The quantitative estimate of drug-likeness (QED) is 0.919. The van der Waals surface area contributed by atoms with Gasteiger partial charge >= 0.3 is 0 Å². The molecule has 1 unspecified atom stereocenters. The van der Waals surface area contributed by atoms with Crippen LogP contribution in [0.4, 0.5) is 0 Å². The average molecular weight is 279 g/mol. The Bertz CT molecular complexity index is 538. The molecule has 4 heteroatoms. The molecule has 0 spiro atoms. The standard InChI is InChI=1S/C14H15ClN2S/c15-12-9-16-6-4-10(12)8-17-13-2-1-3-14-11(13)5-7-18-14/h4-7,9,13,17H,1-3,8H2. The number of hydrogen-bond acceptors (Lipinski definition) is 3. The van der Waals surface area contributed by atoms with E-state index in [2.05, 4.69) is 21.7 Å². The average Bonchev–Trinajstić information content (AvgIpc) is 2.86. The molecule has 0 aliphatic heterocycles. The van der Waals surface area contributed by atoms with Gasteiger partial charge in [0.2, 0.25) is 0 Å². The van der Waals surface area contributed by atoms with E-state index in [4.69, 9.17) is 11.6 Å². The number of fused-ring (bicyclic) bond motifs is 1. The molecule has 0 radical (unpaired) electrons. The van der Waals surface area contributed by atoms with E-state index in [-0.39, 0.29) is 0 Å². The predicted octanol–water partition coefficient (Wildman–Crippen LogP) is 3.96. The first kappa shape index (κ1) is 12.2. The number of thiophene rings is 1. The van der Waals surface area contributed by atoms with Gasteiger partial charge in [0.15, 0.2) is 0 Å². The minimum Gasteiger partial charge on any atom is -0.306 e. The lowest BCUT2D eigenvalue weighted by Gasteiger charge is -2.24. The molecule has 0 saturated carbocycles. The molecule has 0 bridgehead atoms. The van der Waals surface area contributed by atoms with Crippen LogP contribution in [0.15, 0.2) is 29.9 Å². The molecule has 1 aliphatic carbocycles. The molecule has 2 nitrogen and oxygen atoms in total. The molecule has 0 aromatic carbocycles. The van der Waals surface area contributed by atoms with Crippen molar-refractivity contribution in [2.75, 3.05) is 0 Å². The van der Waals surface area contributed by atoms with E-state index in [9.17, 15) is 0 Å². The third kappa shape index (κ3) is 2.44. The van der Waals surface area contributed by atoms with E-state index in [1.54, 1.807) is 17.3 Å². The van der Waals surface area contributed by atoms with Gasteiger partial charge in [0.25, 0.3) is 0 Å². The molecule has 18 heavy (non-hydrogen) atoms. The normalized spacial score (nSPS) is 18.6. The molecule has 1 atom stereocenters. The Labute approximate surface area is 116 Å². The van der Waals surface area contributed by atoms with E-state index < -0.39 is 0 Å². The Hall–Kier alpha value is -0.900. The molecule has 2 aromatic rings. The van der Waals surface area contributed by atoms with Gasteiger partial charge in [-0.15, -0.1) is 11.3 Å². The summed E-state index contributed by atoms with van der Waals surface area (Å²) in [4.78, 5) is 5.55. The predicted molar refractivity (Wildman–Crippen MR) is 76.1 cm³/mol. The SMILES string of the molecule is Clc1cnccc1CNC1CCCc2sccc21. The van der Waals surface area contributed by atoms with Crippen molar-refractivity contribution in [3.8, 4) is 0 Å². The maximum Gasteiger partial charge on any atom is 0.0634 e. The topological polar surface area (TPSA) is 24.9 Å². The maximum atomic E-state index is 6.12. The molecule has 0 amide bonds. The Morgan fingerprint density at radius 2 is 2.39 bits per heavy atom. The highest BCUT2D eigenvalue weighted by Gasteiger charge is 2.20. The lowest BCUT2D eigenvalue weighted by molar-refractivity contribution is 0.463. The second kappa shape index (κ2) is 5.39. The summed E-state index contributed by atoms with van der Waals surface area (Å²) in [6, 6.07) is 4.71. The minimum absolute atomic E-state index is 0.476. The molecule has 1 N–H and O–H groups in total. The second-order valence-electron chi connectivity index (χ2n) is 4.59. The first-order valence-corrected chi connectivity index (χ1v) is 7.48. The number of nitrogens with zero attached hydrogens (tertiary/aromatic N) is 1. The van der Waals surface area contributed by atoms with Crippen LogP contribution >= 0.6 is 22.9 Å². The summed E-state index contributed by atoms with van der Waals surface area (Å²) in [6.45, 7) is 0.807. The fourth-order valence-electron chi connectivity index (χ4n) is 2.48. The highest BCUT2D eigenvalue weighted by atomic mass is 35.5. The van der Waals surface area contributed by atoms with Crippen LogP contribution in [0.3, 0.4) is 0 Å². The summed E-state index contributed by atoms with van der Waals surface area (Å²) in [5.41, 5.74) is 2.60. The van der Waals surface area contributed by atoms with E-state index in [1.165, 1.54) is 24.8 Å². The zero-order valence-corrected chi connectivity index (χ0v) is 11.6. The van der Waals surface area contributed by atoms with Crippen molar-refractivity contribution < 1.29 is 0 Å². The number of hydrogen-bond donors (Lipinski definition) is 1. The molecule has 3 rings (SSSR count). The summed E-state index contributed by atoms with van der Waals surface area (Å²) in [6.07, 6.45) is 7.22. The van der Waals surface area contributed by atoms with E-state index in [0.717, 1.165) is 17.1 Å². The van der Waals surface area contributed by atoms with Gasteiger partial charge in [-0.1, -0.05) is 11.6 Å². The monoisotopic (exact) mass is 278 g/mol. The van der Waals surface area contributed by atoms with Crippen molar-refractivity contribution in [2.45, 2.75) is 31.8 Å². The summed E-state index contributed by atoms with van der Waals surface area (Å²) in [5, 5.41) is 6.56. The molecular weight excluding hydrogens is 264 g/mol. The first-order valence-electron chi connectivity index (χ1n) is 6.22. The lowest BCUT2D eigenvalue weighted by Crippen LogP contribution is -2.24. The molecular formula is C14H15ClN2S. The van der Waals surface area contributed by atoms with Crippen molar-refractivity contribution in [3.63, 3.8) is 0 Å². The molecule has 2 aromatic heterocycles. The van der Waals surface area contributed by atoms with Gasteiger partial charge in [-0.25, -0.2) is 0 Å². The number of nitrogens with one attached hydrogen (secondary N) is 1. The Morgan fingerprint density at radius 3 is 3.28 bits per heavy atom. The lowest BCUT2D eigenvalue weighted by atomic mass is 9.94. The van der Waals surface area contributed by atoms with Crippen LogP contribution in [-0.2, 0) is 13.0 Å². The second-order valence-corrected chi connectivity index (χ2v) is 6.00. The zero-order chi connectivity index (χ0) is 12.4. The number of pyridine rings is 1. The van der Waals surface area contributed by atoms with Crippen molar-refractivity contribution in [1.82, 2.24) is 10.3 Å². The third-order valence-corrected chi connectivity index (χ3v) is 4.78. The largest absolute Gasteiger partial charge is 0.306 e. The molecule has 0 fully saturated rings. The van der Waals surface area contributed by atoms with Gasteiger partial charge in [-0.3, -0.25) is 4.98 Å². The molecule has 1 aliphatic rings. The van der Waals surface area contributed by atoms with Crippen LogP contribution in [-0.4, -0.2) is 4.98 Å². The van der Waals surface area contributed by atoms with Crippen molar-refractivity contribution in [3.05, 3.63) is 50.9 Å². The number of rotatable bonds is 3. The van der Waals surface area contributed by atoms with E-state index in [0.29, 0.717) is 6.04 Å². The number of halogens is 1. The van der Waals surface area contributed by atoms with Gasteiger partial charge in [0.05, 0.1) is 5.02 Å². The van der Waals surface area contributed by atoms with Gasteiger partial charge in [0.1, 0.15) is 0 Å². The van der Waals surface area contributed by atoms with Gasteiger partial charge in [0, 0.05) is 29.9 Å². The van der Waals surface area contributed by atoms with Gasteiger partial charge in [-0.2, -0.15) is 0 Å². The van der Waals surface area contributed by atoms with Crippen LogP contribution in [0, 0.1) is 0 Å². The molecule has 0 saturated heterocycles. The molecule has 2 heterocycles. The molecule has 94 valence electrons. The summed E-state index contributed by atoms with van der Waals surface area (Å²) in [5.74, 6) is 0. The van der Waals surface area contributed by atoms with Crippen LogP contribution in [0.1, 0.15) is 34.9 Å². The first-order chi connectivity index (χ1) is 8.84. The maximum absolute atomic E-state index is 6.12. The fraction of sp³-hybridized carbons (Fsp3) is 0.357. The Balaban J connectivity index is 1.71. The highest BCUT2D eigenvalue weighted by molar-refractivity contribution is 7.10. The minimum atomic E-state index is 0.476. The summed E-state index contributed by atoms with van der Waals surface area (Å²) in [7, 11) is 0. The van der Waals surface area contributed by atoms with E-state index >= 15 is 0 Å². The van der Waals surface area contributed by atoms with Crippen molar-refractivity contribution in [2.24, 2.45) is 0 Å². The van der Waals surface area contributed by atoms with Gasteiger partial charge in [-0.05, 0) is 47.9 Å². The van der Waals surface area contributed by atoms with Crippen molar-refractivity contribution >= 4 is 22.9 Å². The fourth-order valence-corrected chi connectivity index (χ4v) is 3.65. The van der Waals surface area contributed by atoms with Crippen LogP contribution < -0.4 is 5.32 Å². The zero-order valence-electron chi connectivity index (χ0n) is 10.0. The van der Waals surface area contributed by atoms with Crippen LogP contribution in [0.25, 0.3) is 0 Å². The van der Waals surface area contributed by atoms with Gasteiger partial charge < -0.3 is 5.32 Å². The number of aryl methyl sites for hydroxylation is 1.